The van der Waals surface area contributed by atoms with Crippen LogP contribution in [0.25, 0.3) is 21.8 Å². The Balaban J connectivity index is 1.22. The number of rotatable bonds is 19. The highest BCUT2D eigenvalue weighted by Gasteiger charge is 2.38. The molecular weight excluding hydrogens is 857 g/mol. The number of para-hydroxylation sites is 2. The zero-order valence-corrected chi connectivity index (χ0v) is 38.6. The van der Waals surface area contributed by atoms with Gasteiger partial charge in [0.15, 0.2) is 0 Å². The van der Waals surface area contributed by atoms with Crippen molar-refractivity contribution in [2.75, 3.05) is 6.54 Å². The van der Waals surface area contributed by atoms with E-state index in [1.54, 1.807) is 67.5 Å². The molecule has 0 spiro atoms. The Morgan fingerprint density at radius 2 is 1.12 bits per heavy atom. The van der Waals surface area contributed by atoms with Gasteiger partial charge in [0, 0.05) is 30.1 Å². The van der Waals surface area contributed by atoms with Crippen molar-refractivity contribution in [3.63, 3.8) is 0 Å². The Kier molecular flexibility index (Phi) is 16.3. The van der Waals surface area contributed by atoms with E-state index in [2.05, 4.69) is 31.0 Å². The molecule has 3 atom stereocenters. The van der Waals surface area contributed by atoms with E-state index in [0.29, 0.717) is 23.1 Å². The van der Waals surface area contributed by atoms with Crippen molar-refractivity contribution in [3.05, 3.63) is 186 Å². The van der Waals surface area contributed by atoms with Crippen molar-refractivity contribution < 1.29 is 28.8 Å². The van der Waals surface area contributed by atoms with Crippen LogP contribution in [0.4, 0.5) is 0 Å². The molecule has 0 saturated carbocycles. The number of nitrogens with zero attached hydrogens (tertiary/aromatic N) is 5. The lowest BCUT2D eigenvalue weighted by atomic mass is 10.00. The molecule has 3 N–H and O–H groups in total. The molecule has 0 aliphatic rings. The summed E-state index contributed by atoms with van der Waals surface area (Å²) in [5.41, 5.74) is 6.82. The van der Waals surface area contributed by atoms with Gasteiger partial charge in [-0.2, -0.15) is 5.06 Å². The van der Waals surface area contributed by atoms with Gasteiger partial charge in [0.25, 0.3) is 23.6 Å². The number of hydrogen-bond donors (Lipinski definition) is 3. The lowest BCUT2D eigenvalue weighted by molar-refractivity contribution is -0.211. The molecule has 7 rings (SSSR count). The van der Waals surface area contributed by atoms with Crippen molar-refractivity contribution in [1.29, 1.82) is 0 Å². The maximum atomic E-state index is 15.2. The second-order valence-electron chi connectivity index (χ2n) is 17.3. The van der Waals surface area contributed by atoms with Crippen LogP contribution in [0.15, 0.2) is 158 Å². The monoisotopic (exact) mass is 912 g/mol. The van der Waals surface area contributed by atoms with Gasteiger partial charge in [0.2, 0.25) is 0 Å². The Morgan fingerprint density at radius 1 is 0.588 bits per heavy atom. The normalized spacial score (nSPS) is 12.6. The van der Waals surface area contributed by atoms with Crippen LogP contribution in [-0.2, 0) is 38.6 Å². The van der Waals surface area contributed by atoms with Crippen LogP contribution in [0.3, 0.4) is 0 Å². The molecule has 4 amide bonds. The Morgan fingerprint density at radius 3 is 1.68 bits per heavy atom. The van der Waals surface area contributed by atoms with Gasteiger partial charge in [-0.25, -0.2) is 19.8 Å². The van der Waals surface area contributed by atoms with E-state index in [9.17, 15) is 19.2 Å². The predicted molar refractivity (Wildman–Crippen MR) is 260 cm³/mol. The fraction of sp³-hybridized carbons (Fsp3) is 0.259. The number of aryl methyl sites for hydroxylation is 1. The van der Waals surface area contributed by atoms with E-state index in [1.165, 1.54) is 0 Å². The van der Waals surface area contributed by atoms with Crippen LogP contribution in [0.1, 0.15) is 71.9 Å². The SMILES string of the molecule is CC(C)[C@H](NC(=O)c1ccc2ccccc2n1)C(=O)NN(Cc1ccccc1)C[C@H](CCc1ccccc1)N(OC(=O)Cc1ccccn1)C(=O)[C@@H](NC(=O)c1ccc2ccccc2n1)C(C)C. The first-order chi connectivity index (χ1) is 32.9. The molecule has 3 aromatic heterocycles. The minimum absolute atomic E-state index is 0.0495. The molecule has 0 bridgehead atoms. The summed E-state index contributed by atoms with van der Waals surface area (Å²) in [6.07, 6.45) is 2.02. The third-order valence-corrected chi connectivity index (χ3v) is 11.4. The molecule has 0 aliphatic carbocycles. The minimum Gasteiger partial charge on any atom is -0.339 e. The number of carbonyl (C=O) groups excluding carboxylic acids is 5. The van der Waals surface area contributed by atoms with Crippen molar-refractivity contribution in [3.8, 4) is 0 Å². The van der Waals surface area contributed by atoms with Crippen molar-refractivity contribution in [2.24, 2.45) is 11.8 Å². The van der Waals surface area contributed by atoms with Gasteiger partial charge in [-0.05, 0) is 72.2 Å². The maximum absolute atomic E-state index is 15.2. The largest absolute Gasteiger partial charge is 0.339 e. The van der Waals surface area contributed by atoms with Crippen molar-refractivity contribution in [1.82, 2.24) is 41.1 Å². The van der Waals surface area contributed by atoms with E-state index in [1.807, 2.05) is 123 Å². The first-order valence-corrected chi connectivity index (χ1v) is 22.8. The molecule has 4 aromatic carbocycles. The van der Waals surface area contributed by atoms with E-state index in [0.717, 1.165) is 27.0 Å². The lowest BCUT2D eigenvalue weighted by Gasteiger charge is -2.37. The molecule has 0 fully saturated rings. The molecule has 7 aromatic rings. The van der Waals surface area contributed by atoms with Crippen LogP contribution < -0.4 is 16.1 Å². The second kappa shape index (κ2) is 23.1. The minimum atomic E-state index is -1.18. The summed E-state index contributed by atoms with van der Waals surface area (Å²) in [6, 6.07) is 42.9. The Bertz CT molecular complexity index is 2830. The fourth-order valence-electron chi connectivity index (χ4n) is 7.79. The molecule has 14 heteroatoms. The van der Waals surface area contributed by atoms with Gasteiger partial charge in [-0.15, -0.1) is 0 Å². The number of pyridine rings is 3. The quantitative estimate of drug-likeness (QED) is 0.0692. The molecule has 0 unspecified atom stereocenters. The van der Waals surface area contributed by atoms with Crippen LogP contribution in [0.2, 0.25) is 0 Å². The Hall–Kier alpha value is -7.84. The van der Waals surface area contributed by atoms with E-state index < -0.39 is 53.6 Å². The zero-order valence-electron chi connectivity index (χ0n) is 38.6. The highest BCUT2D eigenvalue weighted by Crippen LogP contribution is 2.21. The van der Waals surface area contributed by atoms with Gasteiger partial charge in [0.1, 0.15) is 23.5 Å². The van der Waals surface area contributed by atoms with Gasteiger partial charge in [0.05, 0.1) is 29.2 Å². The van der Waals surface area contributed by atoms with Crippen molar-refractivity contribution >= 4 is 51.4 Å². The number of carbonyl (C=O) groups is 5. The molecule has 14 nitrogen and oxygen atoms in total. The van der Waals surface area contributed by atoms with Gasteiger partial charge >= 0.3 is 5.97 Å². The Labute approximate surface area is 396 Å². The average molecular weight is 913 g/mol. The van der Waals surface area contributed by atoms with Crippen molar-refractivity contribution in [2.45, 2.75) is 71.6 Å². The van der Waals surface area contributed by atoms with Gasteiger partial charge in [-0.3, -0.25) is 29.6 Å². The van der Waals surface area contributed by atoms with Crippen LogP contribution >= 0.6 is 0 Å². The molecule has 68 heavy (non-hydrogen) atoms. The summed E-state index contributed by atoms with van der Waals surface area (Å²) in [6.45, 7) is 7.36. The third-order valence-electron chi connectivity index (χ3n) is 11.4. The summed E-state index contributed by atoms with van der Waals surface area (Å²) >= 11 is 0. The number of aromatic nitrogens is 3. The van der Waals surface area contributed by atoms with Crippen LogP contribution in [-0.4, -0.2) is 79.3 Å². The highest BCUT2D eigenvalue weighted by atomic mass is 16.7. The summed E-state index contributed by atoms with van der Waals surface area (Å²) < 4.78 is 0. The standard InChI is InChI=1S/C54H56N8O6/c1-36(2)49(58-51(64)46-30-27-40-21-11-13-24-44(40)56-46)53(66)60-61(34-39-19-9-6-10-20-39)35-43(29-26-38-17-7-5-8-18-38)62(68-48(63)33-42-23-15-16-32-55-42)54(67)50(37(3)4)59-52(65)47-31-28-41-22-12-14-25-45(41)57-47/h5-25,27-28,30-32,36-37,43,49-50H,26,29,33-35H2,1-4H3,(H,58,64)(H,59,65)(H,60,66)/t43-,49-,50-/m0/s1. The topological polar surface area (TPSA) is 176 Å². The predicted octanol–water partition coefficient (Wildman–Crippen LogP) is 7.45. The summed E-state index contributed by atoms with van der Waals surface area (Å²) in [5.74, 6) is -3.87. The van der Waals surface area contributed by atoms with Gasteiger partial charge in [-0.1, -0.05) is 143 Å². The first-order valence-electron chi connectivity index (χ1n) is 22.8. The van der Waals surface area contributed by atoms with E-state index >= 15 is 4.79 Å². The maximum Gasteiger partial charge on any atom is 0.338 e. The van der Waals surface area contributed by atoms with Crippen LogP contribution in [0.5, 0.6) is 0 Å². The smallest absolute Gasteiger partial charge is 0.338 e. The number of amides is 4. The van der Waals surface area contributed by atoms with E-state index in [4.69, 9.17) is 4.84 Å². The summed E-state index contributed by atoms with van der Waals surface area (Å²) in [5, 5.41) is 10.2. The summed E-state index contributed by atoms with van der Waals surface area (Å²) in [7, 11) is 0. The number of hydrogen-bond acceptors (Lipinski definition) is 10. The molecule has 0 aliphatic heterocycles. The number of benzene rings is 4. The molecule has 3 heterocycles. The number of nitrogens with one attached hydrogen (secondary N) is 3. The molecule has 0 saturated heterocycles. The fourth-order valence-corrected chi connectivity index (χ4v) is 7.79. The second-order valence-corrected chi connectivity index (χ2v) is 17.3. The molecular formula is C54H56N8O6. The number of hydrazine groups is 1. The summed E-state index contributed by atoms with van der Waals surface area (Å²) in [4.78, 5) is 91.0. The van der Waals surface area contributed by atoms with E-state index in [-0.39, 0.29) is 43.2 Å². The molecule has 348 valence electrons. The average Bonchev–Trinajstić information content (AvgIpc) is 3.35. The lowest BCUT2D eigenvalue weighted by Crippen LogP contribution is -2.59. The van der Waals surface area contributed by atoms with Crippen LogP contribution in [0, 0.1) is 11.8 Å². The highest BCUT2D eigenvalue weighted by molar-refractivity contribution is 5.99. The molecule has 0 radical (unpaired) electrons. The zero-order chi connectivity index (χ0) is 48.0. The first kappa shape index (κ1) is 48.1. The number of fused-ring (bicyclic) bond motifs is 2. The van der Waals surface area contributed by atoms with Gasteiger partial charge < -0.3 is 15.5 Å². The number of hydroxylamine groups is 2. The third kappa shape index (κ3) is 12.9.